The number of rotatable bonds is 3. The number of imide groups is 1. The van der Waals surface area contributed by atoms with Crippen molar-refractivity contribution in [3.63, 3.8) is 0 Å². The van der Waals surface area contributed by atoms with Crippen LogP contribution in [-0.4, -0.2) is 30.4 Å². The fraction of sp³-hybridized carbons (Fsp3) is 0.464. The molecule has 2 fully saturated rings. The molecule has 2 saturated heterocycles. The highest BCUT2D eigenvalue weighted by molar-refractivity contribution is 6.24. The number of para-hydroxylation sites is 1. The van der Waals surface area contributed by atoms with Crippen LogP contribution in [-0.2, 0) is 24.5 Å². The number of nitrogens with one attached hydrogen (secondary N) is 1. The first-order valence-corrected chi connectivity index (χ1v) is 11.7. The van der Waals surface area contributed by atoms with E-state index >= 15 is 0 Å². The van der Waals surface area contributed by atoms with E-state index in [1.54, 1.807) is 0 Å². The summed E-state index contributed by atoms with van der Waals surface area (Å²) >= 11 is 0. The molecule has 0 unspecified atom stereocenters. The maximum Gasteiger partial charge on any atom is 0.327 e. The van der Waals surface area contributed by atoms with E-state index in [4.69, 9.17) is 4.74 Å². The van der Waals surface area contributed by atoms with Crippen LogP contribution in [0.5, 0.6) is 0 Å². The normalized spacial score (nSPS) is 27.1. The van der Waals surface area contributed by atoms with Gasteiger partial charge in [0.25, 0.3) is 0 Å². The minimum absolute atomic E-state index is 0.282. The molecule has 0 radical (unpaired) electrons. The number of esters is 1. The van der Waals surface area contributed by atoms with Crippen molar-refractivity contribution in [3.8, 4) is 0 Å². The van der Waals surface area contributed by atoms with Gasteiger partial charge in [-0.15, -0.1) is 0 Å². The lowest BCUT2D eigenvalue weighted by molar-refractivity contribution is -0.158. The molecule has 4 rings (SSSR count). The van der Waals surface area contributed by atoms with Gasteiger partial charge in [0.05, 0.1) is 24.6 Å². The molecule has 0 spiro atoms. The van der Waals surface area contributed by atoms with Crippen LogP contribution in [0.3, 0.4) is 0 Å². The number of fused-ring (bicyclic) bond motifs is 1. The van der Waals surface area contributed by atoms with Gasteiger partial charge in [-0.05, 0) is 28.0 Å². The minimum Gasteiger partial charge on any atom is -0.468 e. The Morgan fingerprint density at radius 1 is 0.912 bits per heavy atom. The van der Waals surface area contributed by atoms with Crippen LogP contribution in [0.1, 0.15) is 58.7 Å². The SMILES string of the molecule is COC(=O)[C@]1(C(C)(C)C)N[C@H](c2ccccc2)[C@@H]2C(=O)N(c3ccccc3C(C)(C)C)C(=O)[C@@H]21. The van der Waals surface area contributed by atoms with Gasteiger partial charge in [0, 0.05) is 6.04 Å². The van der Waals surface area contributed by atoms with Gasteiger partial charge in [-0.1, -0.05) is 90.1 Å². The van der Waals surface area contributed by atoms with Crippen LogP contribution in [0.25, 0.3) is 0 Å². The van der Waals surface area contributed by atoms with E-state index in [2.05, 4.69) is 26.1 Å². The van der Waals surface area contributed by atoms with Gasteiger partial charge in [-0.25, -0.2) is 4.90 Å². The summed E-state index contributed by atoms with van der Waals surface area (Å²) in [4.78, 5) is 43.1. The van der Waals surface area contributed by atoms with E-state index in [-0.39, 0.29) is 17.2 Å². The van der Waals surface area contributed by atoms with Gasteiger partial charge >= 0.3 is 5.97 Å². The number of nitrogens with zero attached hydrogens (tertiary/aromatic N) is 1. The topological polar surface area (TPSA) is 75.7 Å². The molecule has 180 valence electrons. The fourth-order valence-corrected chi connectivity index (χ4v) is 5.73. The average molecular weight is 463 g/mol. The monoisotopic (exact) mass is 462 g/mol. The third kappa shape index (κ3) is 3.38. The predicted octanol–water partition coefficient (Wildman–Crippen LogP) is 4.39. The molecular weight excluding hydrogens is 428 g/mol. The second-order valence-corrected chi connectivity index (χ2v) is 11.4. The maximum atomic E-state index is 14.2. The second kappa shape index (κ2) is 8.05. The van der Waals surface area contributed by atoms with E-state index in [9.17, 15) is 14.4 Å². The van der Waals surface area contributed by atoms with Crippen LogP contribution >= 0.6 is 0 Å². The van der Waals surface area contributed by atoms with Gasteiger partial charge in [0.15, 0.2) is 0 Å². The Morgan fingerprint density at radius 3 is 2.06 bits per heavy atom. The van der Waals surface area contributed by atoms with E-state index in [1.807, 2.05) is 75.4 Å². The summed E-state index contributed by atoms with van der Waals surface area (Å²) in [5.74, 6) is -2.81. The van der Waals surface area contributed by atoms with Crippen molar-refractivity contribution in [3.05, 3.63) is 65.7 Å². The average Bonchev–Trinajstić information content (AvgIpc) is 3.28. The number of carbonyl (C=O) groups is 3. The first-order valence-electron chi connectivity index (χ1n) is 11.7. The molecule has 0 aliphatic carbocycles. The van der Waals surface area contributed by atoms with Crippen molar-refractivity contribution in [2.24, 2.45) is 17.3 Å². The molecule has 2 amide bonds. The van der Waals surface area contributed by atoms with Crippen LogP contribution < -0.4 is 10.2 Å². The van der Waals surface area contributed by atoms with E-state index in [1.165, 1.54) is 12.0 Å². The molecule has 6 heteroatoms. The highest BCUT2D eigenvalue weighted by atomic mass is 16.5. The van der Waals surface area contributed by atoms with Crippen molar-refractivity contribution in [2.45, 2.75) is 58.5 Å². The van der Waals surface area contributed by atoms with Gasteiger partial charge in [-0.2, -0.15) is 0 Å². The number of amides is 2. The van der Waals surface area contributed by atoms with Crippen molar-refractivity contribution in [2.75, 3.05) is 12.0 Å². The number of ether oxygens (including phenoxy) is 1. The lowest BCUT2D eigenvalue weighted by Gasteiger charge is -2.43. The standard InChI is InChI=1S/C28H34N2O4/c1-26(2,3)18-15-11-12-16-19(18)30-23(31)20-21(24(30)32)28(25(33)34-7,27(4,5)6)29-22(20)17-13-9-8-10-14-17/h8-16,20-22,29H,1-7H3/t20-,21-,22-,28-/m1/s1. The Bertz CT molecular complexity index is 1130. The largest absolute Gasteiger partial charge is 0.468 e. The Hall–Kier alpha value is -2.99. The second-order valence-electron chi connectivity index (χ2n) is 11.4. The lowest BCUT2D eigenvalue weighted by atomic mass is 9.65. The quantitative estimate of drug-likeness (QED) is 0.541. The van der Waals surface area contributed by atoms with E-state index < -0.39 is 34.8 Å². The zero-order chi connectivity index (χ0) is 25.1. The first-order chi connectivity index (χ1) is 15.9. The molecule has 0 bridgehead atoms. The van der Waals surface area contributed by atoms with Gasteiger partial charge in [0.1, 0.15) is 5.54 Å². The fourth-order valence-electron chi connectivity index (χ4n) is 5.73. The Morgan fingerprint density at radius 2 is 1.50 bits per heavy atom. The van der Waals surface area contributed by atoms with Crippen LogP contribution in [0.4, 0.5) is 5.69 Å². The zero-order valence-corrected chi connectivity index (χ0v) is 21.0. The summed E-state index contributed by atoms with van der Waals surface area (Å²) in [6, 6.07) is 16.6. The summed E-state index contributed by atoms with van der Waals surface area (Å²) < 4.78 is 5.28. The summed E-state index contributed by atoms with van der Waals surface area (Å²) in [6.07, 6.45) is 0. The van der Waals surface area contributed by atoms with Crippen molar-refractivity contribution >= 4 is 23.5 Å². The van der Waals surface area contributed by atoms with Crippen LogP contribution in [0, 0.1) is 17.3 Å². The summed E-state index contributed by atoms with van der Waals surface area (Å²) in [7, 11) is 1.33. The third-order valence-corrected chi connectivity index (χ3v) is 7.36. The molecule has 34 heavy (non-hydrogen) atoms. The first kappa shape index (κ1) is 24.1. The molecule has 6 nitrogen and oxygen atoms in total. The number of benzene rings is 2. The zero-order valence-electron chi connectivity index (χ0n) is 21.0. The number of hydrogen-bond acceptors (Lipinski definition) is 5. The summed E-state index contributed by atoms with van der Waals surface area (Å²) in [5.41, 5.74) is -0.0125. The number of anilines is 1. The molecule has 2 heterocycles. The molecule has 4 atom stereocenters. The number of hydrogen-bond donors (Lipinski definition) is 1. The molecule has 1 N–H and O–H groups in total. The van der Waals surface area contributed by atoms with Gasteiger partial charge < -0.3 is 4.74 Å². The Labute approximate surface area is 201 Å². The molecule has 2 aromatic carbocycles. The highest BCUT2D eigenvalue weighted by Gasteiger charge is 2.72. The Balaban J connectivity index is 1.95. The van der Waals surface area contributed by atoms with E-state index in [0.29, 0.717) is 5.69 Å². The molecule has 0 aromatic heterocycles. The van der Waals surface area contributed by atoms with Crippen molar-refractivity contribution in [1.82, 2.24) is 5.32 Å². The third-order valence-electron chi connectivity index (χ3n) is 7.36. The van der Waals surface area contributed by atoms with Crippen LogP contribution in [0.2, 0.25) is 0 Å². The summed E-state index contributed by atoms with van der Waals surface area (Å²) in [6.45, 7) is 11.9. The molecule has 0 saturated carbocycles. The maximum absolute atomic E-state index is 14.2. The van der Waals surface area contributed by atoms with Gasteiger partial charge in [0.2, 0.25) is 11.8 Å². The lowest BCUT2D eigenvalue weighted by Crippen LogP contribution is -2.64. The summed E-state index contributed by atoms with van der Waals surface area (Å²) in [5, 5.41) is 3.45. The van der Waals surface area contributed by atoms with Crippen molar-refractivity contribution in [1.29, 1.82) is 0 Å². The smallest absolute Gasteiger partial charge is 0.327 e. The van der Waals surface area contributed by atoms with Crippen molar-refractivity contribution < 1.29 is 19.1 Å². The molecule has 2 aliphatic rings. The number of methoxy groups -OCH3 is 1. The van der Waals surface area contributed by atoms with Gasteiger partial charge in [-0.3, -0.25) is 19.7 Å². The van der Waals surface area contributed by atoms with Crippen LogP contribution in [0.15, 0.2) is 54.6 Å². The predicted molar refractivity (Wildman–Crippen MR) is 131 cm³/mol. The number of carbonyl (C=O) groups excluding carboxylic acids is 3. The molecular formula is C28H34N2O4. The Kier molecular flexibility index (Phi) is 5.72. The molecule has 2 aromatic rings. The highest BCUT2D eigenvalue weighted by Crippen LogP contribution is 2.56. The van der Waals surface area contributed by atoms with E-state index in [0.717, 1.165) is 11.1 Å². The molecule has 2 aliphatic heterocycles. The minimum atomic E-state index is -1.37.